The Balaban J connectivity index is -0.000000256. The van der Waals surface area contributed by atoms with Crippen LogP contribution >= 0.6 is 0 Å². The van der Waals surface area contributed by atoms with Crippen molar-refractivity contribution >= 4 is 49.7 Å². The molecule has 0 heterocycles. The van der Waals surface area contributed by atoms with E-state index in [1.54, 1.807) is 0 Å². The van der Waals surface area contributed by atoms with Crippen LogP contribution in [0.15, 0.2) is 0 Å². The summed E-state index contributed by atoms with van der Waals surface area (Å²) in [6, 6.07) is 0. The van der Waals surface area contributed by atoms with Gasteiger partial charge in [0.15, 0.2) is 0 Å². The molecule has 0 amide bonds. The summed E-state index contributed by atoms with van der Waals surface area (Å²) >= 11 is 0. The van der Waals surface area contributed by atoms with Crippen LogP contribution in [0.1, 0.15) is 13.8 Å². The van der Waals surface area contributed by atoms with Gasteiger partial charge in [0.25, 0.3) is 0 Å². The predicted molar refractivity (Wildman–Crippen MR) is 53.5 cm³/mol. The van der Waals surface area contributed by atoms with E-state index >= 15 is 0 Å². The number of hydrogen-bond donors (Lipinski definition) is 6. The van der Waals surface area contributed by atoms with Crippen molar-refractivity contribution in [1.82, 2.24) is 0 Å². The first-order valence-electron chi connectivity index (χ1n) is 4.46. The number of carboxylic acids is 2. The van der Waals surface area contributed by atoms with Gasteiger partial charge in [-0.25, -0.2) is 0 Å². The summed E-state index contributed by atoms with van der Waals surface area (Å²) in [6.45, 7) is 1.85. The second-order valence-electron chi connectivity index (χ2n) is 3.38. The van der Waals surface area contributed by atoms with E-state index in [1.165, 1.54) is 0 Å². The number of carbonyl (C=O) groups is 2. The van der Waals surface area contributed by atoms with Crippen LogP contribution in [-0.2, 0) is 9.59 Å². The van der Waals surface area contributed by atoms with Crippen molar-refractivity contribution in [3.8, 4) is 0 Å². The smallest absolute Gasteiger partial charge is 0.544 e. The molecule has 0 aliphatic rings. The molecule has 0 aliphatic heterocycles. The van der Waals surface area contributed by atoms with Crippen molar-refractivity contribution in [1.29, 1.82) is 0 Å². The van der Waals surface area contributed by atoms with Crippen molar-refractivity contribution < 1.29 is 50.4 Å². The topological polar surface area (TPSA) is 202 Å². The maximum absolute atomic E-state index is 9.69. The van der Waals surface area contributed by atoms with Gasteiger partial charge in [-0.15, -0.1) is 0 Å². The number of hydrogen-bond acceptors (Lipinski definition) is 10. The Labute approximate surface area is 137 Å². The largest absolute Gasteiger partial charge is 2.00 e. The minimum Gasteiger partial charge on any atom is -0.544 e. The molecule has 0 bridgehead atoms. The standard InChI is InChI=1S/2C4H8O5.Ca/c2*1-2(5)4(8,9)3(6)7;/h2*2,5,8-9H,1H3,(H,6,7);/q;;+2/p-2. The molecule has 0 aromatic rings. The molecule has 10 nitrogen and oxygen atoms in total. The van der Waals surface area contributed by atoms with Gasteiger partial charge in [-0.3, -0.25) is 0 Å². The van der Waals surface area contributed by atoms with E-state index in [0.29, 0.717) is 0 Å². The first-order chi connectivity index (χ1) is 7.77. The van der Waals surface area contributed by atoms with Gasteiger partial charge in [-0.2, -0.15) is 0 Å². The van der Waals surface area contributed by atoms with Crippen LogP contribution < -0.4 is 10.2 Å². The maximum Gasteiger partial charge on any atom is 2.00 e. The Morgan fingerprint density at radius 1 is 0.842 bits per heavy atom. The van der Waals surface area contributed by atoms with Crippen molar-refractivity contribution in [3.05, 3.63) is 0 Å². The van der Waals surface area contributed by atoms with Crippen molar-refractivity contribution in [2.75, 3.05) is 0 Å². The molecule has 0 radical (unpaired) electrons. The fourth-order valence-electron chi connectivity index (χ4n) is 0.341. The van der Waals surface area contributed by atoms with Gasteiger partial charge in [-0.1, -0.05) is 0 Å². The zero-order valence-electron chi connectivity index (χ0n) is 10.2. The zero-order valence-corrected chi connectivity index (χ0v) is 12.4. The van der Waals surface area contributed by atoms with Crippen LogP contribution in [0.2, 0.25) is 0 Å². The molecule has 0 aromatic heterocycles. The maximum atomic E-state index is 9.69. The second kappa shape index (κ2) is 9.00. The fraction of sp³-hybridized carbons (Fsp3) is 0.750. The molecule has 0 rings (SSSR count). The summed E-state index contributed by atoms with van der Waals surface area (Å²) in [5.41, 5.74) is 0. The summed E-state index contributed by atoms with van der Waals surface area (Å²) in [7, 11) is 0. The molecular weight excluding hydrogens is 296 g/mol. The molecule has 2 unspecified atom stereocenters. The molecule has 0 saturated carbocycles. The van der Waals surface area contributed by atoms with Gasteiger partial charge in [0.05, 0.1) is 0 Å². The van der Waals surface area contributed by atoms with Crippen LogP contribution in [0.3, 0.4) is 0 Å². The average Bonchev–Trinajstić information content (AvgIpc) is 2.17. The molecule has 2 atom stereocenters. The van der Waals surface area contributed by atoms with Crippen LogP contribution in [0.25, 0.3) is 0 Å². The Hall–Kier alpha value is -0.0403. The minimum absolute atomic E-state index is 0. The van der Waals surface area contributed by atoms with Crippen molar-refractivity contribution in [3.63, 3.8) is 0 Å². The molecule has 19 heavy (non-hydrogen) atoms. The van der Waals surface area contributed by atoms with E-state index in [2.05, 4.69) is 0 Å². The van der Waals surface area contributed by atoms with Gasteiger partial charge >= 0.3 is 37.7 Å². The normalized spacial score (nSPS) is 14.3. The van der Waals surface area contributed by atoms with Gasteiger partial charge in [0.2, 0.25) is 11.6 Å². The number of carbonyl (C=O) groups excluding carboxylic acids is 2. The van der Waals surface area contributed by atoms with E-state index in [9.17, 15) is 19.8 Å². The van der Waals surface area contributed by atoms with Crippen molar-refractivity contribution in [2.24, 2.45) is 0 Å². The van der Waals surface area contributed by atoms with Crippen LogP contribution in [0.4, 0.5) is 0 Å². The average molecular weight is 310 g/mol. The fourth-order valence-corrected chi connectivity index (χ4v) is 0.341. The zero-order chi connectivity index (χ0) is 15.3. The molecule has 11 heteroatoms. The number of rotatable bonds is 4. The van der Waals surface area contributed by atoms with E-state index in [4.69, 9.17) is 30.6 Å². The number of aliphatic hydroxyl groups is 6. The Morgan fingerprint density at radius 3 is 1.00 bits per heavy atom. The van der Waals surface area contributed by atoms with Crippen LogP contribution in [0, 0.1) is 0 Å². The minimum atomic E-state index is -3.14. The summed E-state index contributed by atoms with van der Waals surface area (Å²) in [5.74, 6) is -10.5. The van der Waals surface area contributed by atoms with Gasteiger partial charge < -0.3 is 50.4 Å². The van der Waals surface area contributed by atoms with Gasteiger partial charge in [0.1, 0.15) is 24.1 Å². The molecule has 0 saturated heterocycles. The molecule has 0 spiro atoms. The van der Waals surface area contributed by atoms with E-state index < -0.39 is 35.7 Å². The Morgan fingerprint density at radius 2 is 1.00 bits per heavy atom. The third-order valence-corrected chi connectivity index (χ3v) is 1.77. The molecule has 0 aliphatic carbocycles. The van der Waals surface area contributed by atoms with Gasteiger partial charge in [0, 0.05) is 0 Å². The third kappa shape index (κ3) is 7.97. The molecule has 0 fully saturated rings. The Kier molecular flexibility index (Phi) is 11.4. The molecule has 108 valence electrons. The van der Waals surface area contributed by atoms with E-state index in [0.717, 1.165) is 13.8 Å². The van der Waals surface area contributed by atoms with Gasteiger partial charge in [-0.05, 0) is 13.8 Å². The predicted octanol–water partition coefficient (Wildman–Crippen LogP) is -6.78. The number of carboxylic acid groups (broad SMARTS) is 2. The summed E-state index contributed by atoms with van der Waals surface area (Å²) in [6.07, 6.45) is -3.52. The van der Waals surface area contributed by atoms with E-state index in [-0.39, 0.29) is 37.7 Å². The van der Waals surface area contributed by atoms with E-state index in [1.807, 2.05) is 0 Å². The Bertz CT molecular complexity index is 268. The number of aliphatic carboxylic acids is 2. The molecular formula is C8H14CaO10. The van der Waals surface area contributed by atoms with Crippen LogP contribution in [0.5, 0.6) is 0 Å². The monoisotopic (exact) mass is 310 g/mol. The molecule has 6 N–H and O–H groups in total. The quantitative estimate of drug-likeness (QED) is 0.214. The summed E-state index contributed by atoms with van der Waals surface area (Å²) in [5, 5.41) is 69.3. The summed E-state index contributed by atoms with van der Waals surface area (Å²) in [4.78, 5) is 19.4. The summed E-state index contributed by atoms with van der Waals surface area (Å²) < 4.78 is 0. The second-order valence-corrected chi connectivity index (χ2v) is 3.38. The van der Waals surface area contributed by atoms with Crippen molar-refractivity contribution in [2.45, 2.75) is 37.6 Å². The third-order valence-electron chi connectivity index (χ3n) is 1.77. The molecule has 0 aromatic carbocycles. The SMILES string of the molecule is CC(O)C(O)(O)C(=O)[O-].CC(O)C(O)(O)C(=O)[O-].[Ca+2]. The van der Waals surface area contributed by atoms with Crippen LogP contribution in [-0.4, -0.2) is 104 Å². The first kappa shape index (κ1) is 24.0. The number of aliphatic hydroxyl groups excluding tert-OH is 2. The first-order valence-corrected chi connectivity index (χ1v) is 4.46.